The Balaban J connectivity index is 2.11. The standard InChI is InChI=1S/C16H10O6/c17-13-11(8-4-2-1-3-5-8)16(19)22-9-6-10-15(21-7-20-10)14(18)12(9)13/h1-6,17-18H,7H2. The number of ether oxygens (including phenoxy) is 2. The number of hydrogen-bond donors (Lipinski definition) is 2. The first-order chi connectivity index (χ1) is 10.7. The van der Waals surface area contributed by atoms with Gasteiger partial charge in [-0.25, -0.2) is 4.79 Å². The molecular formula is C16H10O6. The van der Waals surface area contributed by atoms with Crippen LogP contribution in [0.5, 0.6) is 23.0 Å². The van der Waals surface area contributed by atoms with Crippen molar-refractivity contribution in [2.45, 2.75) is 0 Å². The summed E-state index contributed by atoms with van der Waals surface area (Å²) < 4.78 is 15.5. The van der Waals surface area contributed by atoms with Gasteiger partial charge in [0, 0.05) is 6.07 Å². The van der Waals surface area contributed by atoms with Gasteiger partial charge < -0.3 is 24.1 Å². The van der Waals surface area contributed by atoms with Gasteiger partial charge in [0.2, 0.25) is 12.5 Å². The molecule has 2 N–H and O–H groups in total. The summed E-state index contributed by atoms with van der Waals surface area (Å²) in [6, 6.07) is 10.0. The topological polar surface area (TPSA) is 89.1 Å². The molecule has 0 spiro atoms. The lowest BCUT2D eigenvalue weighted by Crippen LogP contribution is -2.03. The molecule has 0 unspecified atom stereocenters. The molecule has 4 rings (SSSR count). The second kappa shape index (κ2) is 4.42. The van der Waals surface area contributed by atoms with Crippen LogP contribution in [0.15, 0.2) is 45.6 Å². The van der Waals surface area contributed by atoms with Gasteiger partial charge in [0.05, 0.1) is 0 Å². The van der Waals surface area contributed by atoms with Gasteiger partial charge in [0.1, 0.15) is 22.3 Å². The zero-order valence-corrected chi connectivity index (χ0v) is 11.2. The van der Waals surface area contributed by atoms with Crippen molar-refractivity contribution in [1.82, 2.24) is 0 Å². The maximum Gasteiger partial charge on any atom is 0.347 e. The van der Waals surface area contributed by atoms with E-state index in [1.807, 2.05) is 0 Å². The Labute approximate surface area is 123 Å². The molecule has 0 amide bonds. The SMILES string of the molecule is O=c1oc2cc3c(c(O)c2c(O)c1-c1ccccc1)OCO3. The molecule has 2 heterocycles. The van der Waals surface area contributed by atoms with Crippen LogP contribution in [0, 0.1) is 0 Å². The van der Waals surface area contributed by atoms with Crippen molar-refractivity contribution < 1.29 is 24.1 Å². The van der Waals surface area contributed by atoms with Gasteiger partial charge in [-0.2, -0.15) is 0 Å². The van der Waals surface area contributed by atoms with Gasteiger partial charge in [0.15, 0.2) is 11.5 Å². The second-order valence-corrected chi connectivity index (χ2v) is 4.81. The summed E-state index contributed by atoms with van der Waals surface area (Å²) in [6.45, 7) is -0.0459. The minimum absolute atomic E-state index is 0.0118. The van der Waals surface area contributed by atoms with E-state index in [4.69, 9.17) is 13.9 Å². The zero-order valence-electron chi connectivity index (χ0n) is 11.2. The van der Waals surface area contributed by atoms with E-state index < -0.39 is 5.63 Å². The van der Waals surface area contributed by atoms with Crippen LogP contribution in [0.4, 0.5) is 0 Å². The van der Waals surface area contributed by atoms with E-state index in [1.165, 1.54) is 6.07 Å². The van der Waals surface area contributed by atoms with Gasteiger partial charge in [0.25, 0.3) is 0 Å². The Morgan fingerprint density at radius 1 is 1.00 bits per heavy atom. The van der Waals surface area contributed by atoms with Gasteiger partial charge in [-0.3, -0.25) is 0 Å². The molecule has 22 heavy (non-hydrogen) atoms. The molecule has 0 saturated carbocycles. The molecule has 0 radical (unpaired) electrons. The maximum absolute atomic E-state index is 12.2. The van der Waals surface area contributed by atoms with E-state index in [0.29, 0.717) is 5.56 Å². The Bertz CT molecular complexity index is 942. The summed E-state index contributed by atoms with van der Waals surface area (Å²) in [4.78, 5) is 12.2. The first-order valence-corrected chi connectivity index (χ1v) is 6.53. The number of phenolic OH excluding ortho intramolecular Hbond substituents is 1. The highest BCUT2D eigenvalue weighted by Gasteiger charge is 2.26. The molecule has 6 heteroatoms. The average molecular weight is 298 g/mol. The average Bonchev–Trinajstić information content (AvgIpc) is 2.96. The van der Waals surface area contributed by atoms with Crippen LogP contribution in [0.1, 0.15) is 0 Å². The first-order valence-electron chi connectivity index (χ1n) is 6.53. The molecule has 0 bridgehead atoms. The monoisotopic (exact) mass is 298 g/mol. The fourth-order valence-corrected chi connectivity index (χ4v) is 2.54. The van der Waals surface area contributed by atoms with Crippen molar-refractivity contribution in [3.05, 3.63) is 46.8 Å². The number of rotatable bonds is 1. The van der Waals surface area contributed by atoms with Gasteiger partial charge >= 0.3 is 5.63 Å². The molecule has 1 aliphatic heterocycles. The third-order valence-corrected chi connectivity index (χ3v) is 3.54. The minimum atomic E-state index is -0.700. The van der Waals surface area contributed by atoms with Crippen LogP contribution in [-0.2, 0) is 0 Å². The third-order valence-electron chi connectivity index (χ3n) is 3.54. The summed E-state index contributed by atoms with van der Waals surface area (Å²) in [5.41, 5.74) is -0.187. The lowest BCUT2D eigenvalue weighted by molar-refractivity contribution is 0.171. The molecule has 110 valence electrons. The van der Waals surface area contributed by atoms with Crippen molar-refractivity contribution in [3.8, 4) is 34.1 Å². The molecule has 0 fully saturated rings. The highest BCUT2D eigenvalue weighted by atomic mass is 16.7. The van der Waals surface area contributed by atoms with Gasteiger partial charge in [-0.15, -0.1) is 0 Å². The van der Waals surface area contributed by atoms with Crippen LogP contribution in [-0.4, -0.2) is 17.0 Å². The molecule has 0 saturated heterocycles. The normalized spacial score (nSPS) is 12.7. The summed E-state index contributed by atoms with van der Waals surface area (Å²) in [7, 11) is 0. The van der Waals surface area contributed by atoms with E-state index in [9.17, 15) is 15.0 Å². The quantitative estimate of drug-likeness (QED) is 0.671. The molecule has 2 aromatic carbocycles. The number of benzene rings is 2. The minimum Gasteiger partial charge on any atom is -0.506 e. The molecule has 3 aromatic rings. The Morgan fingerprint density at radius 3 is 2.55 bits per heavy atom. The predicted molar refractivity (Wildman–Crippen MR) is 77.4 cm³/mol. The summed E-state index contributed by atoms with van der Waals surface area (Å²) >= 11 is 0. The summed E-state index contributed by atoms with van der Waals surface area (Å²) in [6.07, 6.45) is 0. The number of phenols is 1. The van der Waals surface area contributed by atoms with Crippen molar-refractivity contribution >= 4 is 11.0 Å². The molecule has 1 aromatic heterocycles. The first kappa shape index (κ1) is 12.6. The molecule has 6 nitrogen and oxygen atoms in total. The zero-order chi connectivity index (χ0) is 15.3. The second-order valence-electron chi connectivity index (χ2n) is 4.81. The van der Waals surface area contributed by atoms with E-state index in [2.05, 4.69) is 0 Å². The van der Waals surface area contributed by atoms with Crippen molar-refractivity contribution in [3.63, 3.8) is 0 Å². The van der Waals surface area contributed by atoms with Crippen molar-refractivity contribution in [1.29, 1.82) is 0 Å². The van der Waals surface area contributed by atoms with Crippen molar-refractivity contribution in [2.75, 3.05) is 6.79 Å². The molecule has 1 aliphatic rings. The molecule has 0 atom stereocenters. The van der Waals surface area contributed by atoms with Crippen LogP contribution < -0.4 is 15.1 Å². The van der Waals surface area contributed by atoms with Crippen LogP contribution in [0.2, 0.25) is 0 Å². The lowest BCUT2D eigenvalue weighted by atomic mass is 10.0. The smallest absolute Gasteiger partial charge is 0.347 e. The number of aromatic hydroxyl groups is 2. The Hall–Kier alpha value is -3.15. The number of hydrogen-bond acceptors (Lipinski definition) is 6. The largest absolute Gasteiger partial charge is 0.506 e. The fraction of sp³-hybridized carbons (Fsp3) is 0.0625. The number of fused-ring (bicyclic) bond motifs is 2. The Kier molecular flexibility index (Phi) is 2.53. The summed E-state index contributed by atoms with van der Waals surface area (Å²) in [5.74, 6) is -0.285. The predicted octanol–water partition coefficient (Wildman–Crippen LogP) is 2.60. The molecule has 0 aliphatic carbocycles. The highest BCUT2D eigenvalue weighted by molar-refractivity contribution is 5.97. The maximum atomic E-state index is 12.2. The van der Waals surface area contributed by atoms with Crippen LogP contribution in [0.25, 0.3) is 22.1 Å². The van der Waals surface area contributed by atoms with E-state index in [0.717, 1.165) is 0 Å². The Morgan fingerprint density at radius 2 is 1.77 bits per heavy atom. The highest BCUT2D eigenvalue weighted by Crippen LogP contribution is 2.49. The summed E-state index contributed by atoms with van der Waals surface area (Å²) in [5, 5.41) is 20.8. The third kappa shape index (κ3) is 1.64. The van der Waals surface area contributed by atoms with E-state index in [1.54, 1.807) is 30.3 Å². The van der Waals surface area contributed by atoms with Crippen LogP contribution in [0.3, 0.4) is 0 Å². The van der Waals surface area contributed by atoms with E-state index >= 15 is 0 Å². The van der Waals surface area contributed by atoms with Crippen molar-refractivity contribution in [2.24, 2.45) is 0 Å². The van der Waals surface area contributed by atoms with Crippen LogP contribution >= 0.6 is 0 Å². The fourth-order valence-electron chi connectivity index (χ4n) is 2.54. The van der Waals surface area contributed by atoms with E-state index in [-0.39, 0.29) is 46.3 Å². The van der Waals surface area contributed by atoms with Gasteiger partial charge in [-0.1, -0.05) is 30.3 Å². The lowest BCUT2D eigenvalue weighted by Gasteiger charge is -2.09. The molecular weight excluding hydrogens is 288 g/mol. The van der Waals surface area contributed by atoms with Gasteiger partial charge in [-0.05, 0) is 5.56 Å².